The fourth-order valence-electron chi connectivity index (χ4n) is 1.63. The lowest BCUT2D eigenvalue weighted by atomic mass is 10.2. The van der Waals surface area contributed by atoms with Gasteiger partial charge in [-0.3, -0.25) is 4.79 Å². The van der Waals surface area contributed by atoms with Crippen LogP contribution in [0.3, 0.4) is 0 Å². The molecule has 3 heteroatoms. The van der Waals surface area contributed by atoms with E-state index in [1.54, 1.807) is 12.3 Å². The minimum Gasteiger partial charge on any atom is -0.355 e. The van der Waals surface area contributed by atoms with Gasteiger partial charge in [0.15, 0.2) is 6.29 Å². The van der Waals surface area contributed by atoms with E-state index in [1.165, 1.54) is 5.56 Å². The summed E-state index contributed by atoms with van der Waals surface area (Å²) in [5, 5.41) is 0. The molecule has 2 rings (SSSR count). The van der Waals surface area contributed by atoms with Crippen molar-refractivity contribution in [2.45, 2.75) is 6.54 Å². The number of carbonyl (C=O) groups excluding carboxylic acids is 1. The van der Waals surface area contributed by atoms with Crippen LogP contribution in [0.4, 0.5) is 5.82 Å². The topological polar surface area (TPSA) is 33.2 Å². The molecule has 86 valence electrons. The van der Waals surface area contributed by atoms with Crippen LogP contribution in [0.5, 0.6) is 0 Å². The summed E-state index contributed by atoms with van der Waals surface area (Å²) >= 11 is 0. The molecule has 0 saturated heterocycles. The van der Waals surface area contributed by atoms with Crippen molar-refractivity contribution >= 4 is 12.1 Å². The highest BCUT2D eigenvalue weighted by atomic mass is 16.1. The van der Waals surface area contributed by atoms with Gasteiger partial charge in [-0.1, -0.05) is 30.3 Å². The molecule has 2 aromatic rings. The second kappa shape index (κ2) is 5.25. The molecule has 0 bridgehead atoms. The zero-order valence-electron chi connectivity index (χ0n) is 9.71. The Hall–Kier alpha value is -2.16. The number of rotatable bonds is 4. The summed E-state index contributed by atoms with van der Waals surface area (Å²) in [6, 6.07) is 13.8. The van der Waals surface area contributed by atoms with Crippen molar-refractivity contribution in [1.29, 1.82) is 0 Å². The fraction of sp³-hybridized carbons (Fsp3) is 0.143. The maximum Gasteiger partial charge on any atom is 0.151 e. The monoisotopic (exact) mass is 226 g/mol. The van der Waals surface area contributed by atoms with Gasteiger partial charge in [0.2, 0.25) is 0 Å². The summed E-state index contributed by atoms with van der Waals surface area (Å²) in [4.78, 5) is 16.8. The first kappa shape index (κ1) is 11.3. The number of carbonyl (C=O) groups is 1. The molecule has 1 aromatic heterocycles. The molecular weight excluding hydrogens is 212 g/mol. The van der Waals surface area contributed by atoms with E-state index in [-0.39, 0.29) is 0 Å². The fourth-order valence-corrected chi connectivity index (χ4v) is 1.63. The number of anilines is 1. The molecular formula is C14H14N2O. The summed E-state index contributed by atoms with van der Waals surface area (Å²) in [6.45, 7) is 0.800. The summed E-state index contributed by atoms with van der Waals surface area (Å²) in [7, 11) is 1.98. The van der Waals surface area contributed by atoms with E-state index in [1.807, 2.05) is 36.2 Å². The molecule has 0 spiro atoms. The van der Waals surface area contributed by atoms with Gasteiger partial charge in [0, 0.05) is 25.4 Å². The number of benzene rings is 1. The van der Waals surface area contributed by atoms with Crippen molar-refractivity contribution in [1.82, 2.24) is 4.98 Å². The lowest BCUT2D eigenvalue weighted by molar-refractivity contribution is 0.112. The van der Waals surface area contributed by atoms with Crippen molar-refractivity contribution in [3.05, 3.63) is 59.8 Å². The van der Waals surface area contributed by atoms with Gasteiger partial charge in [0.05, 0.1) is 0 Å². The summed E-state index contributed by atoms with van der Waals surface area (Å²) in [6.07, 6.45) is 2.39. The van der Waals surface area contributed by atoms with Crippen LogP contribution in [-0.4, -0.2) is 18.3 Å². The number of pyridine rings is 1. The Morgan fingerprint density at radius 3 is 2.53 bits per heavy atom. The molecule has 0 unspecified atom stereocenters. The minimum absolute atomic E-state index is 0.599. The normalized spacial score (nSPS) is 9.94. The Morgan fingerprint density at radius 1 is 1.18 bits per heavy atom. The van der Waals surface area contributed by atoms with E-state index in [4.69, 9.17) is 0 Å². The zero-order valence-corrected chi connectivity index (χ0v) is 9.71. The molecule has 0 aliphatic heterocycles. The van der Waals surface area contributed by atoms with Crippen LogP contribution in [0.25, 0.3) is 0 Å². The van der Waals surface area contributed by atoms with Crippen molar-refractivity contribution in [3.8, 4) is 0 Å². The average molecular weight is 226 g/mol. The van der Waals surface area contributed by atoms with Gasteiger partial charge in [-0.2, -0.15) is 0 Å². The first-order valence-electron chi connectivity index (χ1n) is 5.46. The molecule has 3 nitrogen and oxygen atoms in total. The molecule has 0 aliphatic rings. The Bertz CT molecular complexity index is 479. The van der Waals surface area contributed by atoms with E-state index >= 15 is 0 Å². The van der Waals surface area contributed by atoms with E-state index in [0.717, 1.165) is 18.6 Å². The lowest BCUT2D eigenvalue weighted by Gasteiger charge is -2.18. The number of aromatic nitrogens is 1. The Kier molecular flexibility index (Phi) is 3.50. The molecule has 0 saturated carbocycles. The molecule has 0 amide bonds. The number of hydrogen-bond acceptors (Lipinski definition) is 3. The zero-order chi connectivity index (χ0) is 12.1. The number of hydrogen-bond donors (Lipinski definition) is 0. The highest BCUT2D eigenvalue weighted by Crippen LogP contribution is 2.12. The van der Waals surface area contributed by atoms with E-state index in [0.29, 0.717) is 5.56 Å². The largest absolute Gasteiger partial charge is 0.355 e. The number of nitrogens with zero attached hydrogens (tertiary/aromatic N) is 2. The quantitative estimate of drug-likeness (QED) is 0.751. The van der Waals surface area contributed by atoms with Crippen molar-refractivity contribution in [2.75, 3.05) is 11.9 Å². The molecule has 17 heavy (non-hydrogen) atoms. The SMILES string of the molecule is CN(Cc1ccccc1)c1ccc(C=O)cn1. The smallest absolute Gasteiger partial charge is 0.151 e. The molecule has 0 atom stereocenters. The Morgan fingerprint density at radius 2 is 1.94 bits per heavy atom. The molecule has 0 radical (unpaired) electrons. The van der Waals surface area contributed by atoms with Crippen LogP contribution >= 0.6 is 0 Å². The third-order valence-electron chi connectivity index (χ3n) is 2.56. The standard InChI is InChI=1S/C14H14N2O/c1-16(10-12-5-3-2-4-6-12)14-8-7-13(11-17)9-15-14/h2-9,11H,10H2,1H3. The Labute approximate surface area is 101 Å². The van der Waals surface area contributed by atoms with Crippen LogP contribution < -0.4 is 4.90 Å². The first-order valence-corrected chi connectivity index (χ1v) is 5.46. The maximum atomic E-state index is 10.5. The summed E-state index contributed by atoms with van der Waals surface area (Å²) in [5.41, 5.74) is 1.83. The molecule has 0 fully saturated rings. The van der Waals surface area contributed by atoms with Crippen LogP contribution in [0.15, 0.2) is 48.7 Å². The van der Waals surface area contributed by atoms with Gasteiger partial charge < -0.3 is 4.90 Å². The molecule has 0 aliphatic carbocycles. The maximum absolute atomic E-state index is 10.5. The van der Waals surface area contributed by atoms with Crippen LogP contribution in [0.1, 0.15) is 15.9 Å². The average Bonchev–Trinajstić information content (AvgIpc) is 2.40. The van der Waals surface area contributed by atoms with Gasteiger partial charge in [0.25, 0.3) is 0 Å². The van der Waals surface area contributed by atoms with Crippen molar-refractivity contribution in [3.63, 3.8) is 0 Å². The third-order valence-corrected chi connectivity index (χ3v) is 2.56. The second-order valence-corrected chi connectivity index (χ2v) is 3.91. The van der Waals surface area contributed by atoms with Crippen LogP contribution in [0.2, 0.25) is 0 Å². The van der Waals surface area contributed by atoms with Gasteiger partial charge in [0.1, 0.15) is 5.82 Å². The number of aldehydes is 1. The van der Waals surface area contributed by atoms with Crippen molar-refractivity contribution < 1.29 is 4.79 Å². The minimum atomic E-state index is 0.599. The van der Waals surface area contributed by atoms with Gasteiger partial charge in [-0.25, -0.2) is 4.98 Å². The third kappa shape index (κ3) is 2.91. The summed E-state index contributed by atoms with van der Waals surface area (Å²) < 4.78 is 0. The van der Waals surface area contributed by atoms with Gasteiger partial charge in [-0.15, -0.1) is 0 Å². The second-order valence-electron chi connectivity index (χ2n) is 3.91. The molecule has 1 heterocycles. The van der Waals surface area contributed by atoms with E-state index in [2.05, 4.69) is 17.1 Å². The highest BCUT2D eigenvalue weighted by Gasteiger charge is 2.02. The van der Waals surface area contributed by atoms with Crippen LogP contribution in [-0.2, 0) is 6.54 Å². The molecule has 1 aromatic carbocycles. The highest BCUT2D eigenvalue weighted by molar-refractivity contribution is 5.74. The van der Waals surface area contributed by atoms with E-state index in [9.17, 15) is 4.79 Å². The van der Waals surface area contributed by atoms with Gasteiger partial charge in [-0.05, 0) is 17.7 Å². The summed E-state index contributed by atoms with van der Waals surface area (Å²) in [5.74, 6) is 0.861. The lowest BCUT2D eigenvalue weighted by Crippen LogP contribution is -2.17. The Balaban J connectivity index is 2.09. The first-order chi connectivity index (χ1) is 8.29. The van der Waals surface area contributed by atoms with Crippen molar-refractivity contribution in [2.24, 2.45) is 0 Å². The van der Waals surface area contributed by atoms with E-state index < -0.39 is 0 Å². The van der Waals surface area contributed by atoms with Crippen LogP contribution in [0, 0.1) is 0 Å². The predicted molar refractivity (Wildman–Crippen MR) is 68.2 cm³/mol. The van der Waals surface area contributed by atoms with Gasteiger partial charge >= 0.3 is 0 Å². The molecule has 0 N–H and O–H groups in total. The predicted octanol–water partition coefficient (Wildman–Crippen LogP) is 2.53.